The van der Waals surface area contributed by atoms with E-state index in [0.29, 0.717) is 18.9 Å². The van der Waals surface area contributed by atoms with Crippen molar-refractivity contribution in [2.75, 3.05) is 0 Å². The monoisotopic (exact) mass is 474 g/mol. The van der Waals surface area contributed by atoms with E-state index in [1.807, 2.05) is 27.7 Å². The molecule has 0 N–H and O–H groups in total. The molecule has 0 aromatic heterocycles. The molecular formula is C27H45F3O3. The van der Waals surface area contributed by atoms with E-state index in [4.69, 9.17) is 14.2 Å². The molecule has 1 rings (SSSR count). The number of ether oxygens (including phenoxy) is 3. The Kier molecular flexibility index (Phi) is 15.7. The molecule has 33 heavy (non-hydrogen) atoms. The molecule has 0 heterocycles. The third kappa shape index (κ3) is 14.0. The van der Waals surface area contributed by atoms with Crippen molar-refractivity contribution < 1.29 is 27.4 Å². The van der Waals surface area contributed by atoms with Gasteiger partial charge in [0.15, 0.2) is 11.6 Å². The highest BCUT2D eigenvalue weighted by molar-refractivity contribution is 5.20. The Balaban J connectivity index is 2.57. The molecule has 0 radical (unpaired) electrons. The number of halogens is 3. The maximum atomic E-state index is 13.9. The van der Waals surface area contributed by atoms with Gasteiger partial charge in [-0.1, -0.05) is 58.3 Å². The van der Waals surface area contributed by atoms with Gasteiger partial charge in [-0.2, -0.15) is 0 Å². The van der Waals surface area contributed by atoms with Gasteiger partial charge >= 0.3 is 0 Å². The van der Waals surface area contributed by atoms with Crippen molar-refractivity contribution in [1.82, 2.24) is 0 Å². The minimum atomic E-state index is -1.15. The van der Waals surface area contributed by atoms with E-state index in [2.05, 4.69) is 6.92 Å². The summed E-state index contributed by atoms with van der Waals surface area (Å²) in [5.41, 5.74) is 0.211. The molecular weight excluding hydrogens is 429 g/mol. The SMILES string of the molecule is CCCCCCCCCC(CCCCc1cc(F)c(F)cc1F)OC(OC(C)C)OC(C)C. The van der Waals surface area contributed by atoms with Crippen LogP contribution in [0.5, 0.6) is 0 Å². The Morgan fingerprint density at radius 3 is 1.73 bits per heavy atom. The topological polar surface area (TPSA) is 27.7 Å². The number of aryl methyl sites for hydroxylation is 1. The number of hydrogen-bond donors (Lipinski definition) is 0. The second kappa shape index (κ2) is 17.3. The van der Waals surface area contributed by atoms with Gasteiger partial charge in [-0.25, -0.2) is 13.2 Å². The summed E-state index contributed by atoms with van der Waals surface area (Å²) in [6.45, 7) is 9.29. The van der Waals surface area contributed by atoms with Crippen LogP contribution in [-0.4, -0.2) is 24.8 Å². The van der Waals surface area contributed by atoms with Gasteiger partial charge in [-0.05, 0) is 65.0 Å². The number of rotatable bonds is 19. The predicted molar refractivity (Wildman–Crippen MR) is 128 cm³/mol. The van der Waals surface area contributed by atoms with Crippen molar-refractivity contribution in [2.24, 2.45) is 0 Å². The molecule has 0 bridgehead atoms. The maximum Gasteiger partial charge on any atom is 0.272 e. The molecule has 0 aliphatic heterocycles. The second-order valence-corrected chi connectivity index (χ2v) is 9.43. The van der Waals surface area contributed by atoms with Gasteiger partial charge in [-0.3, -0.25) is 0 Å². The first-order valence-corrected chi connectivity index (χ1v) is 12.8. The summed E-state index contributed by atoms with van der Waals surface area (Å²) >= 11 is 0. The van der Waals surface area contributed by atoms with Gasteiger partial charge in [0.1, 0.15) is 5.82 Å². The summed E-state index contributed by atoms with van der Waals surface area (Å²) in [6, 6.07) is 1.58. The van der Waals surface area contributed by atoms with Crippen LogP contribution in [0.4, 0.5) is 13.2 Å². The van der Waals surface area contributed by atoms with Crippen molar-refractivity contribution >= 4 is 0 Å². The molecule has 0 saturated carbocycles. The number of unbranched alkanes of at least 4 members (excludes halogenated alkanes) is 7. The molecule has 0 fully saturated rings. The molecule has 3 nitrogen and oxygen atoms in total. The normalized spacial score (nSPS) is 12.9. The first-order chi connectivity index (χ1) is 15.7. The zero-order valence-corrected chi connectivity index (χ0v) is 21.3. The van der Waals surface area contributed by atoms with Crippen LogP contribution in [-0.2, 0) is 20.6 Å². The fourth-order valence-electron chi connectivity index (χ4n) is 3.75. The Bertz CT molecular complexity index is 627. The van der Waals surface area contributed by atoms with Gasteiger partial charge in [0.05, 0.1) is 18.3 Å². The first kappa shape index (κ1) is 29.9. The molecule has 6 heteroatoms. The van der Waals surface area contributed by atoms with Crippen LogP contribution in [0, 0.1) is 17.5 Å². The highest BCUT2D eigenvalue weighted by atomic mass is 19.2. The van der Waals surface area contributed by atoms with E-state index in [9.17, 15) is 13.2 Å². The van der Waals surface area contributed by atoms with Crippen molar-refractivity contribution in [3.63, 3.8) is 0 Å². The standard InChI is InChI=1S/C27H45F3O3/c1-6-7-8-9-10-11-12-16-23(33-27(31-20(2)3)32-21(4)5)17-14-13-15-22-18-25(29)26(30)19-24(22)28/h18-21,23,27H,6-17H2,1-5H3. The van der Waals surface area contributed by atoms with Crippen molar-refractivity contribution in [1.29, 1.82) is 0 Å². The van der Waals surface area contributed by atoms with E-state index in [1.165, 1.54) is 38.5 Å². The van der Waals surface area contributed by atoms with Gasteiger partial charge in [0.2, 0.25) is 0 Å². The Hall–Kier alpha value is -1.11. The zero-order valence-electron chi connectivity index (χ0n) is 21.3. The summed E-state index contributed by atoms with van der Waals surface area (Å²) in [5, 5.41) is 0. The second-order valence-electron chi connectivity index (χ2n) is 9.43. The quantitative estimate of drug-likeness (QED) is 0.114. The van der Waals surface area contributed by atoms with Crippen LogP contribution in [0.25, 0.3) is 0 Å². The molecule has 1 atom stereocenters. The lowest BCUT2D eigenvalue weighted by Gasteiger charge is -2.28. The summed E-state index contributed by atoms with van der Waals surface area (Å²) < 4.78 is 58.3. The minimum Gasteiger partial charge on any atom is -0.327 e. The Labute approximate surface area is 199 Å². The van der Waals surface area contributed by atoms with E-state index in [1.54, 1.807) is 0 Å². The first-order valence-electron chi connectivity index (χ1n) is 12.8. The predicted octanol–water partition coefficient (Wildman–Crippen LogP) is 8.48. The van der Waals surface area contributed by atoms with Crippen LogP contribution in [0.1, 0.15) is 111 Å². The fourth-order valence-corrected chi connectivity index (χ4v) is 3.75. The Morgan fingerprint density at radius 2 is 1.15 bits per heavy atom. The van der Waals surface area contributed by atoms with Crippen LogP contribution < -0.4 is 0 Å². The van der Waals surface area contributed by atoms with Crippen molar-refractivity contribution in [3.8, 4) is 0 Å². The average molecular weight is 475 g/mol. The summed E-state index contributed by atoms with van der Waals surface area (Å²) in [4.78, 5) is 0. The lowest BCUT2D eigenvalue weighted by atomic mass is 10.0. The van der Waals surface area contributed by atoms with E-state index < -0.39 is 23.9 Å². The van der Waals surface area contributed by atoms with Gasteiger partial charge in [0, 0.05) is 6.07 Å². The average Bonchev–Trinajstić information content (AvgIpc) is 2.72. The molecule has 0 spiro atoms. The Morgan fingerprint density at radius 1 is 0.636 bits per heavy atom. The fraction of sp³-hybridized carbons (Fsp3) is 0.778. The zero-order chi connectivity index (χ0) is 24.6. The van der Waals surface area contributed by atoms with E-state index in [-0.39, 0.29) is 23.9 Å². The van der Waals surface area contributed by atoms with Crippen LogP contribution in [0.15, 0.2) is 12.1 Å². The molecule has 0 aliphatic carbocycles. The van der Waals surface area contributed by atoms with Gasteiger partial charge < -0.3 is 14.2 Å². The summed E-state index contributed by atoms with van der Waals surface area (Å²) in [7, 11) is 0. The number of hydrogen-bond acceptors (Lipinski definition) is 3. The van der Waals surface area contributed by atoms with Crippen molar-refractivity contribution in [3.05, 3.63) is 35.1 Å². The van der Waals surface area contributed by atoms with Crippen LogP contribution >= 0.6 is 0 Å². The lowest BCUT2D eigenvalue weighted by molar-refractivity contribution is -0.327. The van der Waals surface area contributed by atoms with E-state index in [0.717, 1.165) is 31.7 Å². The van der Waals surface area contributed by atoms with Gasteiger partial charge in [-0.15, -0.1) is 0 Å². The molecule has 1 aromatic rings. The molecule has 0 saturated heterocycles. The van der Waals surface area contributed by atoms with Crippen LogP contribution in [0.3, 0.4) is 0 Å². The third-order valence-corrected chi connectivity index (χ3v) is 5.51. The highest BCUT2D eigenvalue weighted by Gasteiger charge is 2.20. The molecule has 1 aromatic carbocycles. The third-order valence-electron chi connectivity index (χ3n) is 5.51. The maximum absolute atomic E-state index is 13.9. The smallest absolute Gasteiger partial charge is 0.272 e. The summed E-state index contributed by atoms with van der Waals surface area (Å²) in [5.74, 6) is -2.85. The van der Waals surface area contributed by atoms with Gasteiger partial charge in [0.25, 0.3) is 6.48 Å². The minimum absolute atomic E-state index is 0.0238. The van der Waals surface area contributed by atoms with Crippen LogP contribution in [0.2, 0.25) is 0 Å². The lowest BCUT2D eigenvalue weighted by Crippen LogP contribution is -2.31. The molecule has 1 unspecified atom stereocenters. The summed E-state index contributed by atoms with van der Waals surface area (Å²) in [6.07, 6.45) is 12.0. The largest absolute Gasteiger partial charge is 0.327 e. The number of benzene rings is 1. The molecule has 0 aliphatic rings. The molecule has 0 amide bonds. The van der Waals surface area contributed by atoms with Crippen molar-refractivity contribution in [2.45, 2.75) is 136 Å². The van der Waals surface area contributed by atoms with E-state index >= 15 is 0 Å². The molecule has 192 valence electrons. The highest BCUT2D eigenvalue weighted by Crippen LogP contribution is 2.21.